The number of hydrogen-bond acceptors (Lipinski definition) is 3. The number of carbonyl (C=O) groups is 1. The molecular weight excluding hydrogens is 292 g/mol. The van der Waals surface area contributed by atoms with E-state index >= 15 is 0 Å². The second-order valence-corrected chi connectivity index (χ2v) is 6.47. The van der Waals surface area contributed by atoms with Crippen LogP contribution in [0.15, 0.2) is 41.1 Å². The highest BCUT2D eigenvalue weighted by atomic mass is 32.1. The maximum Gasteiger partial charge on any atom is 0.251 e. The predicted octanol–water partition coefficient (Wildman–Crippen LogP) is 3.73. The van der Waals surface area contributed by atoms with Crippen molar-refractivity contribution in [2.24, 2.45) is 0 Å². The van der Waals surface area contributed by atoms with Gasteiger partial charge in [-0.2, -0.15) is 11.3 Å². The molecule has 0 bridgehead atoms. The van der Waals surface area contributed by atoms with E-state index in [1.165, 1.54) is 11.1 Å². The fourth-order valence-electron chi connectivity index (χ4n) is 2.47. The van der Waals surface area contributed by atoms with Crippen molar-refractivity contribution in [2.45, 2.75) is 25.8 Å². The molecule has 2 aromatic rings. The molecule has 1 heterocycles. The Balaban J connectivity index is 1.96. The third kappa shape index (κ3) is 4.42. The standard InChI is InChI=1S/C18H24N2OS/c1-4-5-14-6-8-15(9-7-14)18(21)19-12-17(20(2)3)16-10-11-22-13-16/h6-11,13,17H,4-5,12H2,1-3H3,(H,19,21). The molecule has 0 spiro atoms. The maximum absolute atomic E-state index is 12.3. The van der Waals surface area contributed by atoms with Crippen molar-refractivity contribution in [3.63, 3.8) is 0 Å². The van der Waals surface area contributed by atoms with Gasteiger partial charge in [0.15, 0.2) is 0 Å². The van der Waals surface area contributed by atoms with Crippen LogP contribution in [0.2, 0.25) is 0 Å². The SMILES string of the molecule is CCCc1ccc(C(=O)NCC(c2ccsc2)N(C)C)cc1. The van der Waals surface area contributed by atoms with Gasteiger partial charge in [0, 0.05) is 12.1 Å². The third-order valence-electron chi connectivity index (χ3n) is 3.76. The second-order valence-electron chi connectivity index (χ2n) is 5.69. The summed E-state index contributed by atoms with van der Waals surface area (Å²) in [7, 11) is 4.07. The van der Waals surface area contributed by atoms with E-state index in [1.54, 1.807) is 11.3 Å². The van der Waals surface area contributed by atoms with Crippen LogP contribution in [0.3, 0.4) is 0 Å². The van der Waals surface area contributed by atoms with E-state index in [1.807, 2.05) is 38.4 Å². The Morgan fingerprint density at radius 3 is 2.50 bits per heavy atom. The van der Waals surface area contributed by atoms with Crippen LogP contribution in [-0.2, 0) is 6.42 Å². The molecule has 0 fully saturated rings. The van der Waals surface area contributed by atoms with Gasteiger partial charge in [-0.15, -0.1) is 0 Å². The summed E-state index contributed by atoms with van der Waals surface area (Å²) in [6.07, 6.45) is 2.18. The summed E-state index contributed by atoms with van der Waals surface area (Å²) in [5, 5.41) is 7.25. The molecule has 1 amide bonds. The van der Waals surface area contributed by atoms with E-state index in [9.17, 15) is 4.79 Å². The lowest BCUT2D eigenvalue weighted by molar-refractivity contribution is 0.0942. The van der Waals surface area contributed by atoms with Crippen LogP contribution in [0, 0.1) is 0 Å². The number of hydrogen-bond donors (Lipinski definition) is 1. The minimum Gasteiger partial charge on any atom is -0.350 e. The summed E-state index contributed by atoms with van der Waals surface area (Å²) >= 11 is 1.68. The van der Waals surface area contributed by atoms with E-state index in [4.69, 9.17) is 0 Å². The topological polar surface area (TPSA) is 32.3 Å². The Hall–Kier alpha value is -1.65. The molecule has 1 aromatic heterocycles. The molecular formula is C18H24N2OS. The molecule has 1 N–H and O–H groups in total. The molecule has 22 heavy (non-hydrogen) atoms. The molecule has 0 saturated heterocycles. The average Bonchev–Trinajstić information content (AvgIpc) is 3.02. The van der Waals surface area contributed by atoms with Gasteiger partial charge in [-0.1, -0.05) is 25.5 Å². The van der Waals surface area contributed by atoms with Crippen LogP contribution in [-0.4, -0.2) is 31.4 Å². The Kier molecular flexibility index (Phi) is 6.16. The van der Waals surface area contributed by atoms with Gasteiger partial charge in [-0.3, -0.25) is 4.79 Å². The van der Waals surface area contributed by atoms with E-state index in [2.05, 4.69) is 34.0 Å². The van der Waals surface area contributed by atoms with Crippen molar-refractivity contribution >= 4 is 17.2 Å². The van der Waals surface area contributed by atoms with E-state index in [0.29, 0.717) is 6.54 Å². The van der Waals surface area contributed by atoms with E-state index < -0.39 is 0 Å². The van der Waals surface area contributed by atoms with Crippen LogP contribution in [0.1, 0.15) is 40.9 Å². The zero-order valence-corrected chi connectivity index (χ0v) is 14.3. The van der Waals surface area contributed by atoms with Crippen molar-refractivity contribution in [1.82, 2.24) is 10.2 Å². The summed E-state index contributed by atoms with van der Waals surface area (Å²) in [5.41, 5.74) is 3.25. The van der Waals surface area contributed by atoms with Gasteiger partial charge in [-0.25, -0.2) is 0 Å². The smallest absolute Gasteiger partial charge is 0.251 e. The highest BCUT2D eigenvalue weighted by molar-refractivity contribution is 7.07. The number of benzene rings is 1. The third-order valence-corrected chi connectivity index (χ3v) is 4.46. The Morgan fingerprint density at radius 1 is 1.23 bits per heavy atom. The summed E-state index contributed by atoms with van der Waals surface area (Å²) in [4.78, 5) is 14.4. The van der Waals surface area contributed by atoms with Gasteiger partial charge in [-0.05, 0) is 60.6 Å². The molecule has 3 nitrogen and oxygen atoms in total. The number of nitrogens with one attached hydrogen (secondary N) is 1. The van der Waals surface area contributed by atoms with Crippen LogP contribution in [0.5, 0.6) is 0 Å². The molecule has 0 radical (unpaired) electrons. The van der Waals surface area contributed by atoms with Crippen molar-refractivity contribution < 1.29 is 4.79 Å². The average molecular weight is 316 g/mol. The van der Waals surface area contributed by atoms with Crippen molar-refractivity contribution in [1.29, 1.82) is 0 Å². The maximum atomic E-state index is 12.3. The van der Waals surface area contributed by atoms with Gasteiger partial charge in [0.05, 0.1) is 6.04 Å². The lowest BCUT2D eigenvalue weighted by atomic mass is 10.1. The van der Waals surface area contributed by atoms with Crippen LogP contribution in [0.25, 0.3) is 0 Å². The minimum atomic E-state index is -0.00914. The molecule has 2 rings (SSSR count). The number of rotatable bonds is 7. The first-order valence-corrected chi connectivity index (χ1v) is 8.61. The van der Waals surface area contributed by atoms with Crippen molar-refractivity contribution in [2.75, 3.05) is 20.6 Å². The highest BCUT2D eigenvalue weighted by Gasteiger charge is 2.16. The number of carbonyl (C=O) groups excluding carboxylic acids is 1. The van der Waals surface area contributed by atoms with Gasteiger partial charge in [0.25, 0.3) is 5.91 Å². The molecule has 0 aliphatic heterocycles. The molecule has 1 atom stereocenters. The van der Waals surface area contributed by atoms with Crippen LogP contribution < -0.4 is 5.32 Å². The summed E-state index contributed by atoms with van der Waals surface area (Å²) in [5.74, 6) is -0.00914. The monoisotopic (exact) mass is 316 g/mol. The Bertz CT molecular complexity index is 576. The molecule has 0 aliphatic rings. The van der Waals surface area contributed by atoms with Gasteiger partial charge < -0.3 is 10.2 Å². The van der Waals surface area contributed by atoms with Gasteiger partial charge >= 0.3 is 0 Å². The number of likely N-dealkylation sites (N-methyl/N-ethyl adjacent to an activating group) is 1. The van der Waals surface area contributed by atoms with E-state index in [-0.39, 0.29) is 11.9 Å². The molecule has 4 heteroatoms. The lowest BCUT2D eigenvalue weighted by Gasteiger charge is -2.24. The van der Waals surface area contributed by atoms with Crippen molar-refractivity contribution in [3.8, 4) is 0 Å². The highest BCUT2D eigenvalue weighted by Crippen LogP contribution is 2.20. The lowest BCUT2D eigenvalue weighted by Crippen LogP contribution is -2.34. The number of thiophene rings is 1. The molecule has 1 unspecified atom stereocenters. The summed E-state index contributed by atoms with van der Waals surface area (Å²) in [6, 6.07) is 10.2. The Morgan fingerprint density at radius 2 is 1.95 bits per heavy atom. The van der Waals surface area contributed by atoms with Gasteiger partial charge in [0.2, 0.25) is 0 Å². The molecule has 0 saturated carbocycles. The first-order valence-electron chi connectivity index (χ1n) is 7.67. The fourth-order valence-corrected chi connectivity index (χ4v) is 3.17. The molecule has 118 valence electrons. The first kappa shape index (κ1) is 16.7. The fraction of sp³-hybridized carbons (Fsp3) is 0.389. The van der Waals surface area contributed by atoms with Crippen molar-refractivity contribution in [3.05, 3.63) is 57.8 Å². The van der Waals surface area contributed by atoms with Gasteiger partial charge in [0.1, 0.15) is 0 Å². The zero-order valence-electron chi connectivity index (χ0n) is 13.5. The number of nitrogens with zero attached hydrogens (tertiary/aromatic N) is 1. The quantitative estimate of drug-likeness (QED) is 0.844. The normalized spacial score (nSPS) is 12.4. The van der Waals surface area contributed by atoms with E-state index in [0.717, 1.165) is 18.4 Å². The second kappa shape index (κ2) is 8.11. The Labute approximate surface area is 137 Å². The summed E-state index contributed by atoms with van der Waals surface area (Å²) in [6.45, 7) is 2.77. The first-order chi connectivity index (χ1) is 10.6. The van der Waals surface area contributed by atoms with Crippen LogP contribution >= 0.6 is 11.3 Å². The largest absolute Gasteiger partial charge is 0.350 e. The zero-order chi connectivity index (χ0) is 15.9. The number of aryl methyl sites for hydroxylation is 1. The predicted molar refractivity (Wildman–Crippen MR) is 93.5 cm³/mol. The number of amides is 1. The molecule has 1 aromatic carbocycles. The molecule has 0 aliphatic carbocycles. The summed E-state index contributed by atoms with van der Waals surface area (Å²) < 4.78 is 0. The van der Waals surface area contributed by atoms with Crippen LogP contribution in [0.4, 0.5) is 0 Å². The minimum absolute atomic E-state index is 0.00914.